The molecule has 1 aliphatic rings. The quantitative estimate of drug-likeness (QED) is 0.677. The predicted octanol–water partition coefficient (Wildman–Crippen LogP) is 3.49. The highest BCUT2D eigenvalue weighted by molar-refractivity contribution is 9.10. The van der Waals surface area contributed by atoms with Crippen LogP contribution in [0.2, 0.25) is 0 Å². The summed E-state index contributed by atoms with van der Waals surface area (Å²) in [6, 6.07) is 12.0. The smallest absolute Gasteiger partial charge is 0.265 e. The maximum absolute atomic E-state index is 12.7. The number of amides is 1. The lowest BCUT2D eigenvalue weighted by molar-refractivity contribution is -0.120. The van der Waals surface area contributed by atoms with Gasteiger partial charge in [0, 0.05) is 22.7 Å². The first-order valence-corrected chi connectivity index (χ1v) is 11.4. The van der Waals surface area contributed by atoms with Crippen molar-refractivity contribution in [3.05, 3.63) is 52.5 Å². The fourth-order valence-corrected chi connectivity index (χ4v) is 4.77. The Kier molecular flexibility index (Phi) is 6.42. The molecule has 1 heterocycles. The predicted molar refractivity (Wildman–Crippen MR) is 112 cm³/mol. The molecule has 0 radical (unpaired) electrons. The lowest BCUT2D eigenvalue weighted by Gasteiger charge is -2.22. The summed E-state index contributed by atoms with van der Waals surface area (Å²) in [5.41, 5.74) is 2.04. The van der Waals surface area contributed by atoms with Gasteiger partial charge in [0.1, 0.15) is 5.75 Å². The Bertz CT molecular complexity index is 961. The third kappa shape index (κ3) is 4.56. The van der Waals surface area contributed by atoms with Gasteiger partial charge < -0.3 is 9.64 Å². The zero-order valence-corrected chi connectivity index (χ0v) is 18.2. The molecule has 1 amide bonds. The van der Waals surface area contributed by atoms with Crippen molar-refractivity contribution in [3.8, 4) is 5.75 Å². The Morgan fingerprint density at radius 3 is 2.64 bits per heavy atom. The number of anilines is 1. The molecule has 0 aromatic heterocycles. The summed E-state index contributed by atoms with van der Waals surface area (Å²) < 4.78 is 33.3. The number of rotatable bonds is 7. The van der Waals surface area contributed by atoms with Crippen molar-refractivity contribution in [2.45, 2.75) is 37.6 Å². The van der Waals surface area contributed by atoms with Crippen molar-refractivity contribution in [3.63, 3.8) is 0 Å². The number of fused-ring (bicyclic) bond motifs is 1. The van der Waals surface area contributed by atoms with E-state index in [0.717, 1.165) is 28.6 Å². The van der Waals surface area contributed by atoms with Crippen LogP contribution < -0.4 is 14.4 Å². The van der Waals surface area contributed by atoms with E-state index in [1.54, 1.807) is 17.0 Å². The highest BCUT2D eigenvalue weighted by atomic mass is 79.9. The maximum atomic E-state index is 12.7. The number of hydrogen-bond acceptors (Lipinski definition) is 4. The van der Waals surface area contributed by atoms with E-state index in [0.29, 0.717) is 12.3 Å². The summed E-state index contributed by atoms with van der Waals surface area (Å²) in [5, 5.41) is 0. The van der Waals surface area contributed by atoms with Crippen LogP contribution in [0.15, 0.2) is 51.8 Å². The van der Waals surface area contributed by atoms with Gasteiger partial charge in [-0.05, 0) is 67.8 Å². The van der Waals surface area contributed by atoms with Gasteiger partial charge in [-0.3, -0.25) is 4.79 Å². The van der Waals surface area contributed by atoms with Crippen molar-refractivity contribution in [1.29, 1.82) is 0 Å². The van der Waals surface area contributed by atoms with Gasteiger partial charge >= 0.3 is 0 Å². The summed E-state index contributed by atoms with van der Waals surface area (Å²) in [5.74, 6) is 0.320. The number of halogens is 1. The van der Waals surface area contributed by atoms with E-state index in [4.69, 9.17) is 4.74 Å². The molecule has 0 spiro atoms. The summed E-state index contributed by atoms with van der Waals surface area (Å²) in [4.78, 5) is 14.6. The van der Waals surface area contributed by atoms with Gasteiger partial charge in [0.25, 0.3) is 5.91 Å². The highest BCUT2D eigenvalue weighted by Crippen LogP contribution is 2.34. The van der Waals surface area contributed by atoms with Crippen LogP contribution in [0.4, 0.5) is 5.69 Å². The Labute approximate surface area is 174 Å². The van der Waals surface area contributed by atoms with Crippen molar-refractivity contribution in [2.75, 3.05) is 18.1 Å². The molecule has 1 atom stereocenters. The molecular formula is C20H23BrN2O4S. The van der Waals surface area contributed by atoms with E-state index in [9.17, 15) is 13.2 Å². The van der Waals surface area contributed by atoms with E-state index in [2.05, 4.69) is 20.7 Å². The summed E-state index contributed by atoms with van der Waals surface area (Å²) in [6.07, 6.45) is 1.52. The first kappa shape index (κ1) is 20.8. The van der Waals surface area contributed by atoms with Crippen LogP contribution in [0, 0.1) is 0 Å². The normalized spacial score (nSPS) is 16.1. The molecule has 0 saturated heterocycles. The third-order valence-corrected chi connectivity index (χ3v) is 6.53. The molecule has 8 heteroatoms. The third-order valence-electron chi connectivity index (χ3n) is 4.56. The molecule has 0 aliphatic carbocycles. The fraction of sp³-hybridized carbons (Fsp3) is 0.350. The molecule has 0 bridgehead atoms. The molecule has 150 valence electrons. The molecule has 3 rings (SSSR count). The molecule has 2 aromatic carbocycles. The zero-order valence-electron chi connectivity index (χ0n) is 15.8. The van der Waals surface area contributed by atoms with E-state index in [-0.39, 0.29) is 23.5 Å². The number of hydrogen-bond donors (Lipinski definition) is 1. The minimum Gasteiger partial charge on any atom is -0.484 e. The Morgan fingerprint density at radius 2 is 1.96 bits per heavy atom. The lowest BCUT2D eigenvalue weighted by Crippen LogP contribution is -2.39. The second-order valence-corrected chi connectivity index (χ2v) is 9.43. The summed E-state index contributed by atoms with van der Waals surface area (Å²) in [7, 11) is -3.51. The van der Waals surface area contributed by atoms with Gasteiger partial charge in [-0.1, -0.05) is 22.9 Å². The van der Waals surface area contributed by atoms with Gasteiger partial charge in [-0.2, -0.15) is 0 Å². The van der Waals surface area contributed by atoms with E-state index >= 15 is 0 Å². The highest BCUT2D eigenvalue weighted by Gasteiger charge is 2.31. The van der Waals surface area contributed by atoms with Crippen LogP contribution in [0.25, 0.3) is 0 Å². The Hall–Kier alpha value is -1.90. The minimum atomic E-state index is -3.51. The van der Waals surface area contributed by atoms with Crippen molar-refractivity contribution in [2.24, 2.45) is 0 Å². The Morgan fingerprint density at radius 1 is 1.25 bits per heavy atom. The SMILES string of the molecule is CCCNS(=O)(=O)c1ccc(OCC(=O)N2c3ccc(Br)cc3C[C@@H]2C)cc1. The van der Waals surface area contributed by atoms with Crippen LogP contribution >= 0.6 is 15.9 Å². The first-order chi connectivity index (χ1) is 13.3. The number of carbonyl (C=O) groups excluding carboxylic acids is 1. The monoisotopic (exact) mass is 466 g/mol. The number of carbonyl (C=O) groups is 1. The zero-order chi connectivity index (χ0) is 20.3. The standard InChI is InChI=1S/C20H23BrN2O4S/c1-3-10-22-28(25,26)18-7-5-17(6-8-18)27-13-20(24)23-14(2)11-15-12-16(21)4-9-19(15)23/h4-9,12,14,22H,3,10-11,13H2,1-2H3/t14-/m0/s1. The minimum absolute atomic E-state index is 0.0672. The second-order valence-electron chi connectivity index (χ2n) is 6.75. The number of nitrogens with zero attached hydrogens (tertiary/aromatic N) is 1. The van der Waals surface area contributed by atoms with Crippen molar-refractivity contribution < 1.29 is 17.9 Å². The fourth-order valence-electron chi connectivity index (χ4n) is 3.23. The molecule has 1 aliphatic heterocycles. The molecule has 6 nitrogen and oxygen atoms in total. The van der Waals surface area contributed by atoms with E-state index in [1.165, 1.54) is 12.1 Å². The van der Waals surface area contributed by atoms with Crippen LogP contribution in [0.5, 0.6) is 5.75 Å². The largest absolute Gasteiger partial charge is 0.484 e. The van der Waals surface area contributed by atoms with Crippen LogP contribution in [0.3, 0.4) is 0 Å². The molecule has 0 unspecified atom stereocenters. The summed E-state index contributed by atoms with van der Waals surface area (Å²) in [6.45, 7) is 4.19. The average Bonchev–Trinajstić information content (AvgIpc) is 2.99. The van der Waals surface area contributed by atoms with Crippen LogP contribution in [-0.2, 0) is 21.2 Å². The number of nitrogens with one attached hydrogen (secondary N) is 1. The molecule has 0 saturated carbocycles. The van der Waals surface area contributed by atoms with E-state index in [1.807, 2.05) is 32.0 Å². The molecule has 28 heavy (non-hydrogen) atoms. The molecular weight excluding hydrogens is 444 g/mol. The molecule has 2 aromatic rings. The van der Waals surface area contributed by atoms with Gasteiger partial charge in [0.2, 0.25) is 10.0 Å². The van der Waals surface area contributed by atoms with Crippen molar-refractivity contribution in [1.82, 2.24) is 4.72 Å². The van der Waals surface area contributed by atoms with Crippen LogP contribution in [-0.4, -0.2) is 33.5 Å². The van der Waals surface area contributed by atoms with Gasteiger partial charge in [-0.15, -0.1) is 0 Å². The second kappa shape index (κ2) is 8.63. The van der Waals surface area contributed by atoms with Gasteiger partial charge in [0.15, 0.2) is 6.61 Å². The number of benzene rings is 2. The number of ether oxygens (including phenoxy) is 1. The summed E-state index contributed by atoms with van der Waals surface area (Å²) >= 11 is 3.46. The molecule has 1 N–H and O–H groups in total. The van der Waals surface area contributed by atoms with E-state index < -0.39 is 10.0 Å². The van der Waals surface area contributed by atoms with Crippen LogP contribution in [0.1, 0.15) is 25.8 Å². The molecule has 0 fully saturated rings. The lowest BCUT2D eigenvalue weighted by atomic mass is 10.1. The number of sulfonamides is 1. The first-order valence-electron chi connectivity index (χ1n) is 9.15. The van der Waals surface area contributed by atoms with Gasteiger partial charge in [0.05, 0.1) is 4.90 Å². The maximum Gasteiger partial charge on any atom is 0.265 e. The Balaban J connectivity index is 1.64. The topological polar surface area (TPSA) is 75.7 Å². The van der Waals surface area contributed by atoms with Gasteiger partial charge in [-0.25, -0.2) is 13.1 Å². The van der Waals surface area contributed by atoms with Crippen molar-refractivity contribution >= 4 is 37.5 Å². The average molecular weight is 467 g/mol.